The van der Waals surface area contributed by atoms with E-state index in [4.69, 9.17) is 0 Å². The molecule has 1 amide bonds. The first kappa shape index (κ1) is 15.2. The van der Waals surface area contributed by atoms with E-state index in [0.717, 1.165) is 23.7 Å². The summed E-state index contributed by atoms with van der Waals surface area (Å²) in [6, 6.07) is 1.86. The molecule has 4 nitrogen and oxygen atoms in total. The number of ether oxygens (including phenoxy) is 1. The highest BCUT2D eigenvalue weighted by Crippen LogP contribution is 2.22. The van der Waals surface area contributed by atoms with Gasteiger partial charge in [0, 0.05) is 17.4 Å². The fourth-order valence-corrected chi connectivity index (χ4v) is 2.88. The molecule has 1 rings (SSSR count). The van der Waals surface area contributed by atoms with Crippen molar-refractivity contribution >= 4 is 39.1 Å². The van der Waals surface area contributed by atoms with Gasteiger partial charge in [0.05, 0.1) is 7.11 Å². The maximum Gasteiger partial charge on any atom is 0.305 e. The highest BCUT2D eigenvalue weighted by Gasteiger charge is 2.10. The summed E-state index contributed by atoms with van der Waals surface area (Å²) < 4.78 is 5.37. The molecule has 1 aromatic rings. The van der Waals surface area contributed by atoms with E-state index in [1.54, 1.807) is 0 Å². The van der Waals surface area contributed by atoms with Crippen LogP contribution in [0.15, 0.2) is 15.9 Å². The van der Waals surface area contributed by atoms with Crippen LogP contribution < -0.4 is 5.32 Å². The summed E-state index contributed by atoms with van der Waals surface area (Å²) in [6.45, 7) is 0.629. The minimum atomic E-state index is -0.179. The highest BCUT2D eigenvalue weighted by molar-refractivity contribution is 9.10. The molecule has 1 aromatic heterocycles. The van der Waals surface area contributed by atoms with E-state index in [1.807, 2.05) is 11.4 Å². The third kappa shape index (κ3) is 5.18. The number of halogens is 1. The van der Waals surface area contributed by atoms with Gasteiger partial charge >= 0.3 is 5.97 Å². The third-order valence-corrected chi connectivity index (χ3v) is 4.23. The second-order valence-corrected chi connectivity index (χ2v) is 5.51. The van der Waals surface area contributed by atoms with Crippen LogP contribution in [-0.2, 0) is 9.53 Å². The van der Waals surface area contributed by atoms with E-state index in [1.165, 1.54) is 18.4 Å². The van der Waals surface area contributed by atoms with Crippen molar-refractivity contribution in [1.82, 2.24) is 5.32 Å². The van der Waals surface area contributed by atoms with Gasteiger partial charge in [-0.3, -0.25) is 9.59 Å². The Morgan fingerprint density at radius 2 is 2.17 bits per heavy atom. The van der Waals surface area contributed by atoms with Crippen LogP contribution in [0.2, 0.25) is 0 Å². The van der Waals surface area contributed by atoms with Gasteiger partial charge < -0.3 is 10.1 Å². The largest absolute Gasteiger partial charge is 0.469 e. The zero-order chi connectivity index (χ0) is 13.4. The van der Waals surface area contributed by atoms with Crippen LogP contribution in [0.25, 0.3) is 0 Å². The van der Waals surface area contributed by atoms with Crippen LogP contribution >= 0.6 is 27.3 Å². The summed E-state index contributed by atoms with van der Waals surface area (Å²) in [4.78, 5) is 23.3. The van der Waals surface area contributed by atoms with Gasteiger partial charge in [-0.05, 0) is 40.2 Å². The molecule has 1 heterocycles. The quantitative estimate of drug-likeness (QED) is 0.616. The van der Waals surface area contributed by atoms with Gasteiger partial charge in [0.1, 0.15) is 4.88 Å². The van der Waals surface area contributed by atoms with Crippen molar-refractivity contribution in [3.8, 4) is 0 Å². The fourth-order valence-electron chi connectivity index (χ4n) is 1.41. The molecule has 0 aliphatic heterocycles. The van der Waals surface area contributed by atoms with E-state index >= 15 is 0 Å². The van der Waals surface area contributed by atoms with Gasteiger partial charge in [0.2, 0.25) is 0 Å². The molecule has 6 heteroatoms. The Labute approximate surface area is 119 Å². The summed E-state index contributed by atoms with van der Waals surface area (Å²) in [5.41, 5.74) is 0. The van der Waals surface area contributed by atoms with Crippen LogP contribution in [0.4, 0.5) is 0 Å². The van der Waals surface area contributed by atoms with Crippen molar-refractivity contribution in [3.63, 3.8) is 0 Å². The molecule has 18 heavy (non-hydrogen) atoms. The molecule has 0 saturated carbocycles. The van der Waals surface area contributed by atoms with Crippen molar-refractivity contribution < 1.29 is 14.3 Å². The number of unbranched alkanes of at least 4 members (excludes halogenated alkanes) is 2. The van der Waals surface area contributed by atoms with Crippen molar-refractivity contribution in [1.29, 1.82) is 0 Å². The second kappa shape index (κ2) is 8.26. The lowest BCUT2D eigenvalue weighted by Gasteiger charge is -2.04. The fraction of sp³-hybridized carbons (Fsp3) is 0.500. The standard InChI is InChI=1S/C12H16BrNO3S/c1-17-10(15)5-3-2-4-7-14-12(16)11-9(13)6-8-18-11/h6,8H,2-5,7H2,1H3,(H,14,16). The number of methoxy groups -OCH3 is 1. The number of amides is 1. The molecule has 0 bridgehead atoms. The summed E-state index contributed by atoms with van der Waals surface area (Å²) in [7, 11) is 1.39. The number of thiophene rings is 1. The van der Waals surface area contributed by atoms with Crippen molar-refractivity contribution in [3.05, 3.63) is 20.8 Å². The molecule has 0 aliphatic rings. The van der Waals surface area contributed by atoms with Gasteiger partial charge in [-0.2, -0.15) is 0 Å². The van der Waals surface area contributed by atoms with Crippen molar-refractivity contribution in [2.45, 2.75) is 25.7 Å². The monoisotopic (exact) mass is 333 g/mol. The molecule has 0 saturated heterocycles. The Bertz CT molecular complexity index is 406. The van der Waals surface area contributed by atoms with E-state index in [0.29, 0.717) is 17.8 Å². The normalized spacial score (nSPS) is 10.1. The number of hydrogen-bond donors (Lipinski definition) is 1. The van der Waals surface area contributed by atoms with Gasteiger partial charge in [0.25, 0.3) is 5.91 Å². The molecule has 0 aromatic carbocycles. The number of hydrogen-bond acceptors (Lipinski definition) is 4. The van der Waals surface area contributed by atoms with Gasteiger partial charge in [0.15, 0.2) is 0 Å². The lowest BCUT2D eigenvalue weighted by Crippen LogP contribution is -2.23. The molecule has 0 aliphatic carbocycles. The predicted octanol–water partition coefficient (Wildman–Crippen LogP) is 2.97. The number of rotatable bonds is 7. The van der Waals surface area contributed by atoms with Crippen LogP contribution in [-0.4, -0.2) is 25.5 Å². The van der Waals surface area contributed by atoms with E-state index in [9.17, 15) is 9.59 Å². The summed E-state index contributed by atoms with van der Waals surface area (Å²) in [6.07, 6.45) is 3.01. The molecule has 0 atom stereocenters. The van der Waals surface area contributed by atoms with Gasteiger partial charge in [-0.25, -0.2) is 0 Å². The summed E-state index contributed by atoms with van der Waals surface area (Å²) in [5, 5.41) is 4.72. The highest BCUT2D eigenvalue weighted by atomic mass is 79.9. The SMILES string of the molecule is COC(=O)CCCCCNC(=O)c1sccc1Br. The first-order chi connectivity index (χ1) is 8.65. The predicted molar refractivity (Wildman–Crippen MR) is 74.8 cm³/mol. The Kier molecular flexibility index (Phi) is 6.97. The zero-order valence-electron chi connectivity index (χ0n) is 10.2. The number of esters is 1. The van der Waals surface area contributed by atoms with Crippen LogP contribution in [0.3, 0.4) is 0 Å². The molecule has 0 unspecified atom stereocenters. The minimum Gasteiger partial charge on any atom is -0.469 e. The van der Waals surface area contributed by atoms with E-state index in [2.05, 4.69) is 26.0 Å². The number of carbonyl (C=O) groups is 2. The first-order valence-corrected chi connectivity index (χ1v) is 7.40. The topological polar surface area (TPSA) is 55.4 Å². The van der Waals surface area contributed by atoms with E-state index in [-0.39, 0.29) is 11.9 Å². The van der Waals surface area contributed by atoms with Gasteiger partial charge in [-0.1, -0.05) is 6.42 Å². The van der Waals surface area contributed by atoms with Gasteiger partial charge in [-0.15, -0.1) is 11.3 Å². The molecule has 0 fully saturated rings. The maximum atomic E-state index is 11.7. The first-order valence-electron chi connectivity index (χ1n) is 5.73. The van der Waals surface area contributed by atoms with E-state index < -0.39 is 0 Å². The Morgan fingerprint density at radius 1 is 1.39 bits per heavy atom. The zero-order valence-corrected chi connectivity index (χ0v) is 12.6. The molecule has 100 valence electrons. The lowest BCUT2D eigenvalue weighted by molar-refractivity contribution is -0.140. The molecule has 0 spiro atoms. The number of nitrogens with one attached hydrogen (secondary N) is 1. The average Bonchev–Trinajstić information content (AvgIpc) is 2.79. The molecule has 0 radical (unpaired) electrons. The molecular formula is C12H16BrNO3S. The summed E-state index contributed by atoms with van der Waals surface area (Å²) in [5.74, 6) is -0.230. The minimum absolute atomic E-state index is 0.0511. The number of carbonyl (C=O) groups excluding carboxylic acids is 2. The van der Waals surface area contributed by atoms with Crippen molar-refractivity contribution in [2.24, 2.45) is 0 Å². The maximum absolute atomic E-state index is 11.7. The van der Waals surface area contributed by atoms with Crippen LogP contribution in [0.1, 0.15) is 35.4 Å². The Morgan fingerprint density at radius 3 is 2.78 bits per heavy atom. The lowest BCUT2D eigenvalue weighted by atomic mass is 10.2. The van der Waals surface area contributed by atoms with Crippen LogP contribution in [0.5, 0.6) is 0 Å². The third-order valence-electron chi connectivity index (χ3n) is 2.39. The Hall–Kier alpha value is -0.880. The smallest absolute Gasteiger partial charge is 0.305 e. The molecule has 1 N–H and O–H groups in total. The average molecular weight is 334 g/mol. The summed E-state index contributed by atoms with van der Waals surface area (Å²) >= 11 is 4.74. The Balaban J connectivity index is 2.10. The van der Waals surface area contributed by atoms with Crippen molar-refractivity contribution in [2.75, 3.05) is 13.7 Å². The molecular weight excluding hydrogens is 318 g/mol. The second-order valence-electron chi connectivity index (χ2n) is 3.74. The van der Waals surface area contributed by atoms with Crippen LogP contribution in [0, 0.1) is 0 Å².